The monoisotopic (exact) mass is 312 g/mol. The summed E-state index contributed by atoms with van der Waals surface area (Å²) >= 11 is 0. The first-order valence-electron chi connectivity index (χ1n) is 7.58. The molecule has 2 aromatic carbocycles. The van der Waals surface area contributed by atoms with Crippen LogP contribution >= 0.6 is 0 Å². The summed E-state index contributed by atoms with van der Waals surface area (Å²) in [5.41, 5.74) is 3.85. The molecule has 2 N–H and O–H groups in total. The highest BCUT2D eigenvalue weighted by Crippen LogP contribution is 2.27. The van der Waals surface area contributed by atoms with Crippen molar-refractivity contribution in [1.82, 2.24) is 5.32 Å². The second-order valence-electron chi connectivity index (χ2n) is 5.37. The first-order chi connectivity index (χ1) is 11.2. The third kappa shape index (κ3) is 3.08. The van der Waals surface area contributed by atoms with Gasteiger partial charge in [-0.2, -0.15) is 0 Å². The Balaban J connectivity index is 1.82. The van der Waals surface area contributed by atoms with Crippen LogP contribution in [0, 0.1) is 0 Å². The molecule has 0 saturated heterocycles. The first-order valence-corrected chi connectivity index (χ1v) is 7.58. The lowest BCUT2D eigenvalue weighted by atomic mass is 9.98. The van der Waals surface area contributed by atoms with Crippen LogP contribution in [0.15, 0.2) is 36.4 Å². The molecule has 120 valence electrons. The molecule has 1 aliphatic rings. The number of carbonyl (C=O) groups is 1. The molecule has 1 amide bonds. The number of rotatable bonds is 5. The maximum Gasteiger partial charge on any atom is 0.251 e. The SMILES string of the molecule is COc1ccc(CNc2cccc3c2CCNC3=O)c(OC)c1. The fourth-order valence-electron chi connectivity index (χ4n) is 2.82. The Bertz CT molecular complexity index is 728. The molecule has 1 aliphatic heterocycles. The number of hydrogen-bond donors (Lipinski definition) is 2. The number of benzene rings is 2. The number of carbonyl (C=O) groups excluding carboxylic acids is 1. The highest BCUT2D eigenvalue weighted by atomic mass is 16.5. The maximum absolute atomic E-state index is 11.9. The van der Waals surface area contributed by atoms with Gasteiger partial charge in [-0.25, -0.2) is 0 Å². The van der Waals surface area contributed by atoms with Crippen LogP contribution in [0.2, 0.25) is 0 Å². The van der Waals surface area contributed by atoms with Crippen molar-refractivity contribution in [3.8, 4) is 11.5 Å². The largest absolute Gasteiger partial charge is 0.497 e. The van der Waals surface area contributed by atoms with Crippen LogP contribution in [0.3, 0.4) is 0 Å². The summed E-state index contributed by atoms with van der Waals surface area (Å²) in [5, 5.41) is 6.29. The van der Waals surface area contributed by atoms with E-state index in [-0.39, 0.29) is 5.91 Å². The van der Waals surface area contributed by atoms with Crippen LogP contribution in [-0.2, 0) is 13.0 Å². The number of hydrogen-bond acceptors (Lipinski definition) is 4. The molecule has 1 heterocycles. The van der Waals surface area contributed by atoms with Crippen molar-refractivity contribution in [2.75, 3.05) is 26.1 Å². The van der Waals surface area contributed by atoms with Gasteiger partial charge in [0.2, 0.25) is 0 Å². The Morgan fingerprint density at radius 1 is 1.17 bits per heavy atom. The van der Waals surface area contributed by atoms with E-state index in [2.05, 4.69) is 10.6 Å². The quantitative estimate of drug-likeness (QED) is 0.891. The zero-order valence-electron chi connectivity index (χ0n) is 13.3. The molecule has 0 atom stereocenters. The van der Waals surface area contributed by atoms with Gasteiger partial charge < -0.3 is 20.1 Å². The van der Waals surface area contributed by atoms with Crippen LogP contribution in [0.4, 0.5) is 5.69 Å². The van der Waals surface area contributed by atoms with Gasteiger partial charge in [0.25, 0.3) is 5.91 Å². The molecule has 2 aromatic rings. The van der Waals surface area contributed by atoms with Gasteiger partial charge in [-0.05, 0) is 36.2 Å². The van der Waals surface area contributed by atoms with Crippen LogP contribution in [0.25, 0.3) is 0 Å². The van der Waals surface area contributed by atoms with Gasteiger partial charge in [0.15, 0.2) is 0 Å². The number of fused-ring (bicyclic) bond motifs is 1. The van der Waals surface area contributed by atoms with Gasteiger partial charge in [0.05, 0.1) is 14.2 Å². The third-order valence-electron chi connectivity index (χ3n) is 4.04. The fraction of sp³-hybridized carbons (Fsp3) is 0.278. The summed E-state index contributed by atoms with van der Waals surface area (Å²) in [7, 11) is 3.28. The Hall–Kier alpha value is -2.69. The average Bonchev–Trinajstić information content (AvgIpc) is 2.60. The summed E-state index contributed by atoms with van der Waals surface area (Å²) in [4.78, 5) is 11.9. The second-order valence-corrected chi connectivity index (χ2v) is 5.37. The molecule has 0 saturated carbocycles. The molecule has 5 heteroatoms. The molecule has 0 radical (unpaired) electrons. The van der Waals surface area contributed by atoms with Crippen molar-refractivity contribution < 1.29 is 14.3 Å². The summed E-state index contributed by atoms with van der Waals surface area (Å²) in [5.74, 6) is 1.54. The molecule has 5 nitrogen and oxygen atoms in total. The lowest BCUT2D eigenvalue weighted by molar-refractivity contribution is 0.0946. The maximum atomic E-state index is 11.9. The van der Waals surface area contributed by atoms with Crippen molar-refractivity contribution in [2.24, 2.45) is 0 Å². The third-order valence-corrected chi connectivity index (χ3v) is 4.04. The van der Waals surface area contributed by atoms with Crippen molar-refractivity contribution in [3.63, 3.8) is 0 Å². The Morgan fingerprint density at radius 2 is 2.04 bits per heavy atom. The minimum Gasteiger partial charge on any atom is -0.497 e. The zero-order chi connectivity index (χ0) is 16.2. The topological polar surface area (TPSA) is 59.6 Å². The molecule has 0 bridgehead atoms. The zero-order valence-corrected chi connectivity index (χ0v) is 13.3. The van der Waals surface area contributed by atoms with E-state index >= 15 is 0 Å². The summed E-state index contributed by atoms with van der Waals surface area (Å²) in [6.07, 6.45) is 0.837. The summed E-state index contributed by atoms with van der Waals surface area (Å²) in [6, 6.07) is 11.5. The Labute approximate surface area is 135 Å². The van der Waals surface area contributed by atoms with E-state index < -0.39 is 0 Å². The summed E-state index contributed by atoms with van der Waals surface area (Å²) in [6.45, 7) is 1.29. The van der Waals surface area contributed by atoms with Crippen LogP contribution < -0.4 is 20.1 Å². The van der Waals surface area contributed by atoms with Gasteiger partial charge in [-0.15, -0.1) is 0 Å². The van der Waals surface area contributed by atoms with Crippen molar-refractivity contribution in [3.05, 3.63) is 53.1 Å². The van der Waals surface area contributed by atoms with Gasteiger partial charge in [0, 0.05) is 36.0 Å². The Morgan fingerprint density at radius 3 is 2.83 bits per heavy atom. The van der Waals surface area contributed by atoms with Crippen LogP contribution in [-0.4, -0.2) is 26.7 Å². The highest BCUT2D eigenvalue weighted by molar-refractivity contribution is 5.98. The van der Waals surface area contributed by atoms with Crippen LogP contribution in [0.5, 0.6) is 11.5 Å². The van der Waals surface area contributed by atoms with E-state index in [1.807, 2.05) is 36.4 Å². The molecular formula is C18H20N2O3. The number of ether oxygens (including phenoxy) is 2. The number of anilines is 1. The van der Waals surface area contributed by atoms with E-state index in [0.717, 1.165) is 40.3 Å². The number of nitrogens with one attached hydrogen (secondary N) is 2. The standard InChI is InChI=1S/C18H20N2O3/c1-22-13-7-6-12(17(10-13)23-2)11-20-16-5-3-4-15-14(16)8-9-19-18(15)21/h3-7,10,20H,8-9,11H2,1-2H3,(H,19,21). The predicted octanol–water partition coefficient (Wildman–Crippen LogP) is 2.60. The minimum atomic E-state index is -0.00284. The van der Waals surface area contributed by atoms with E-state index in [1.54, 1.807) is 14.2 Å². The molecule has 0 spiro atoms. The predicted molar refractivity (Wildman–Crippen MR) is 89.4 cm³/mol. The van der Waals surface area contributed by atoms with Crippen molar-refractivity contribution in [1.29, 1.82) is 0 Å². The second kappa shape index (κ2) is 6.60. The molecular weight excluding hydrogens is 292 g/mol. The average molecular weight is 312 g/mol. The first kappa shape index (κ1) is 15.2. The molecule has 23 heavy (non-hydrogen) atoms. The van der Waals surface area contributed by atoms with Gasteiger partial charge in [0.1, 0.15) is 11.5 Å². The van der Waals surface area contributed by atoms with E-state index in [0.29, 0.717) is 13.1 Å². The van der Waals surface area contributed by atoms with E-state index in [4.69, 9.17) is 9.47 Å². The molecule has 0 aromatic heterocycles. The molecule has 3 rings (SSSR count). The number of amides is 1. The molecule has 0 aliphatic carbocycles. The van der Waals surface area contributed by atoms with Crippen molar-refractivity contribution in [2.45, 2.75) is 13.0 Å². The Kier molecular flexibility index (Phi) is 4.37. The normalized spacial score (nSPS) is 13.0. The summed E-state index contributed by atoms with van der Waals surface area (Å²) < 4.78 is 10.6. The van der Waals surface area contributed by atoms with E-state index in [9.17, 15) is 4.79 Å². The highest BCUT2D eigenvalue weighted by Gasteiger charge is 2.19. The lowest BCUT2D eigenvalue weighted by Crippen LogP contribution is -2.32. The van der Waals surface area contributed by atoms with Crippen LogP contribution in [0.1, 0.15) is 21.5 Å². The minimum absolute atomic E-state index is 0.00284. The fourth-order valence-corrected chi connectivity index (χ4v) is 2.82. The van der Waals surface area contributed by atoms with Gasteiger partial charge in [-0.1, -0.05) is 6.07 Å². The smallest absolute Gasteiger partial charge is 0.251 e. The van der Waals surface area contributed by atoms with Gasteiger partial charge >= 0.3 is 0 Å². The molecule has 0 fully saturated rings. The number of methoxy groups -OCH3 is 2. The lowest BCUT2D eigenvalue weighted by Gasteiger charge is -2.20. The molecule has 0 unspecified atom stereocenters. The van der Waals surface area contributed by atoms with E-state index in [1.165, 1.54) is 0 Å². The van der Waals surface area contributed by atoms with Crippen molar-refractivity contribution >= 4 is 11.6 Å². The van der Waals surface area contributed by atoms with Gasteiger partial charge in [-0.3, -0.25) is 4.79 Å².